The third-order valence-electron chi connectivity index (χ3n) is 5.33. The van der Waals surface area contributed by atoms with Crippen LogP contribution in [0.5, 0.6) is 11.5 Å². The second kappa shape index (κ2) is 11.8. The van der Waals surface area contributed by atoms with Gasteiger partial charge in [0.05, 0.1) is 27.8 Å². The fourth-order valence-corrected chi connectivity index (χ4v) is 3.36. The SMILES string of the molecule is COC(=O)CC(C)(C)c1cc(F)ccc1OC.COc1ccc(F)cc1C(C)(C)CCO. The lowest BCUT2D eigenvalue weighted by Crippen LogP contribution is -2.23. The first-order chi connectivity index (χ1) is 14.9. The van der Waals surface area contributed by atoms with Crippen LogP contribution >= 0.6 is 0 Å². The molecular formula is C25H34F2O5. The number of aliphatic hydroxyl groups excluding tert-OH is 1. The summed E-state index contributed by atoms with van der Waals surface area (Å²) in [5, 5.41) is 8.96. The van der Waals surface area contributed by atoms with E-state index in [4.69, 9.17) is 14.6 Å². The van der Waals surface area contributed by atoms with Gasteiger partial charge in [-0.2, -0.15) is 0 Å². The maximum Gasteiger partial charge on any atom is 0.306 e. The molecule has 5 nitrogen and oxygen atoms in total. The maximum atomic E-state index is 13.3. The number of aliphatic hydroxyl groups is 1. The van der Waals surface area contributed by atoms with Crippen LogP contribution in [0, 0.1) is 11.6 Å². The predicted molar refractivity (Wildman–Crippen MR) is 120 cm³/mol. The number of halogens is 2. The van der Waals surface area contributed by atoms with Gasteiger partial charge in [-0.1, -0.05) is 27.7 Å². The van der Waals surface area contributed by atoms with E-state index in [2.05, 4.69) is 4.74 Å². The van der Waals surface area contributed by atoms with Crippen LogP contribution in [-0.4, -0.2) is 39.0 Å². The van der Waals surface area contributed by atoms with Gasteiger partial charge in [-0.25, -0.2) is 8.78 Å². The minimum atomic E-state index is -0.541. The lowest BCUT2D eigenvalue weighted by Gasteiger charge is -2.26. The zero-order valence-electron chi connectivity index (χ0n) is 19.9. The van der Waals surface area contributed by atoms with E-state index < -0.39 is 5.41 Å². The van der Waals surface area contributed by atoms with E-state index in [9.17, 15) is 13.6 Å². The van der Waals surface area contributed by atoms with E-state index in [0.29, 0.717) is 23.5 Å². The Labute approximate surface area is 189 Å². The van der Waals surface area contributed by atoms with Crippen molar-refractivity contribution in [2.24, 2.45) is 0 Å². The average Bonchev–Trinajstić information content (AvgIpc) is 2.73. The van der Waals surface area contributed by atoms with Gasteiger partial charge in [-0.05, 0) is 48.2 Å². The summed E-state index contributed by atoms with van der Waals surface area (Å²) in [4.78, 5) is 11.3. The molecule has 0 unspecified atom stereocenters. The highest BCUT2D eigenvalue weighted by Gasteiger charge is 2.28. The maximum absolute atomic E-state index is 13.3. The van der Waals surface area contributed by atoms with Gasteiger partial charge in [-0.3, -0.25) is 4.79 Å². The Bertz CT molecular complexity index is 894. The quantitative estimate of drug-likeness (QED) is 0.560. The van der Waals surface area contributed by atoms with Crippen molar-refractivity contribution in [2.75, 3.05) is 27.9 Å². The number of esters is 1. The molecule has 0 amide bonds. The van der Waals surface area contributed by atoms with E-state index in [1.807, 2.05) is 27.7 Å². The third kappa shape index (κ3) is 7.48. The number of hydrogen-bond donors (Lipinski definition) is 1. The molecule has 0 radical (unpaired) electrons. The highest BCUT2D eigenvalue weighted by atomic mass is 19.1. The Morgan fingerprint density at radius 3 is 1.66 bits per heavy atom. The van der Waals surface area contributed by atoms with Crippen LogP contribution < -0.4 is 9.47 Å². The normalized spacial score (nSPS) is 11.3. The molecule has 2 aromatic carbocycles. The molecule has 0 aromatic heterocycles. The van der Waals surface area contributed by atoms with E-state index in [1.54, 1.807) is 19.2 Å². The molecule has 0 aliphatic carbocycles. The first kappa shape index (κ1) is 27.4. The van der Waals surface area contributed by atoms with Crippen molar-refractivity contribution in [3.8, 4) is 11.5 Å². The van der Waals surface area contributed by atoms with E-state index >= 15 is 0 Å². The molecule has 0 atom stereocenters. The summed E-state index contributed by atoms with van der Waals surface area (Å²) in [5.74, 6) is 0.270. The summed E-state index contributed by atoms with van der Waals surface area (Å²) < 4.78 is 41.4. The van der Waals surface area contributed by atoms with Crippen molar-refractivity contribution >= 4 is 5.97 Å². The lowest BCUT2D eigenvalue weighted by molar-refractivity contribution is -0.141. The summed E-state index contributed by atoms with van der Waals surface area (Å²) in [6.45, 7) is 7.69. The molecule has 0 spiro atoms. The lowest BCUT2D eigenvalue weighted by atomic mass is 9.81. The molecule has 0 saturated carbocycles. The van der Waals surface area contributed by atoms with Crippen LogP contribution in [0.2, 0.25) is 0 Å². The Balaban J connectivity index is 0.000000323. The first-order valence-corrected chi connectivity index (χ1v) is 10.3. The Morgan fingerprint density at radius 2 is 1.28 bits per heavy atom. The van der Waals surface area contributed by atoms with Crippen LogP contribution in [-0.2, 0) is 20.4 Å². The molecule has 0 saturated heterocycles. The Morgan fingerprint density at radius 1 is 0.844 bits per heavy atom. The molecule has 0 aliphatic heterocycles. The van der Waals surface area contributed by atoms with Gasteiger partial charge < -0.3 is 19.3 Å². The van der Waals surface area contributed by atoms with Crippen molar-refractivity contribution < 1.29 is 32.9 Å². The summed E-state index contributed by atoms with van der Waals surface area (Å²) >= 11 is 0. The fourth-order valence-electron chi connectivity index (χ4n) is 3.36. The van der Waals surface area contributed by atoms with Gasteiger partial charge >= 0.3 is 5.97 Å². The van der Waals surface area contributed by atoms with E-state index in [-0.39, 0.29) is 36.0 Å². The van der Waals surface area contributed by atoms with Crippen LogP contribution in [0.4, 0.5) is 8.78 Å². The number of hydrogen-bond acceptors (Lipinski definition) is 5. The van der Waals surface area contributed by atoms with Crippen LogP contribution in [0.25, 0.3) is 0 Å². The van der Waals surface area contributed by atoms with Gasteiger partial charge in [0, 0.05) is 23.1 Å². The second-order valence-corrected chi connectivity index (χ2v) is 8.68. The summed E-state index contributed by atoms with van der Waals surface area (Å²) in [7, 11) is 4.41. The fraction of sp³-hybridized carbons (Fsp3) is 0.480. The molecule has 32 heavy (non-hydrogen) atoms. The predicted octanol–water partition coefficient (Wildman–Crippen LogP) is 5.17. The summed E-state index contributed by atoms with van der Waals surface area (Å²) in [6, 6.07) is 8.73. The molecule has 7 heteroatoms. The smallest absolute Gasteiger partial charge is 0.306 e. The third-order valence-corrected chi connectivity index (χ3v) is 5.33. The van der Waals surface area contributed by atoms with Crippen molar-refractivity contribution in [2.45, 2.75) is 51.4 Å². The van der Waals surface area contributed by atoms with Gasteiger partial charge in [0.2, 0.25) is 0 Å². The highest BCUT2D eigenvalue weighted by Crippen LogP contribution is 2.35. The monoisotopic (exact) mass is 452 g/mol. The van der Waals surface area contributed by atoms with Crippen molar-refractivity contribution in [3.05, 3.63) is 59.2 Å². The minimum absolute atomic E-state index is 0.0761. The molecule has 1 N–H and O–H groups in total. The van der Waals surface area contributed by atoms with Crippen molar-refractivity contribution in [3.63, 3.8) is 0 Å². The molecule has 0 bridgehead atoms. The van der Waals surface area contributed by atoms with Crippen LogP contribution in [0.1, 0.15) is 51.7 Å². The molecule has 2 aromatic rings. The molecule has 2 rings (SSSR count). The van der Waals surface area contributed by atoms with Crippen LogP contribution in [0.3, 0.4) is 0 Å². The molecule has 0 aliphatic rings. The average molecular weight is 453 g/mol. The largest absolute Gasteiger partial charge is 0.496 e. The molecular weight excluding hydrogens is 418 g/mol. The van der Waals surface area contributed by atoms with Crippen LogP contribution in [0.15, 0.2) is 36.4 Å². The topological polar surface area (TPSA) is 65.0 Å². The minimum Gasteiger partial charge on any atom is -0.496 e. The van der Waals surface area contributed by atoms with Crippen molar-refractivity contribution in [1.82, 2.24) is 0 Å². The number of carbonyl (C=O) groups excluding carboxylic acids is 1. The number of carbonyl (C=O) groups is 1. The molecule has 0 heterocycles. The second-order valence-electron chi connectivity index (χ2n) is 8.68. The standard InChI is InChI=1S/C13H17FO3.C12H17FO2/c1-13(2,8-12(15)17-4)10-7-9(14)5-6-11(10)16-3;1-12(2,6-7-14)10-8-9(13)4-5-11(10)15-3/h5-7H,8H2,1-4H3;4-5,8,14H,6-7H2,1-3H3. The number of methoxy groups -OCH3 is 3. The molecule has 0 fully saturated rings. The number of benzene rings is 2. The van der Waals surface area contributed by atoms with Gasteiger partial charge in [-0.15, -0.1) is 0 Å². The Kier molecular flexibility index (Phi) is 10.1. The number of rotatable bonds is 8. The zero-order chi connectivity index (χ0) is 24.5. The van der Waals surface area contributed by atoms with E-state index in [1.165, 1.54) is 38.5 Å². The van der Waals surface area contributed by atoms with Gasteiger partial charge in [0.25, 0.3) is 0 Å². The zero-order valence-corrected chi connectivity index (χ0v) is 19.9. The molecule has 178 valence electrons. The first-order valence-electron chi connectivity index (χ1n) is 10.3. The highest BCUT2D eigenvalue weighted by molar-refractivity contribution is 5.71. The summed E-state index contributed by atoms with van der Waals surface area (Å²) in [5.41, 5.74) is 0.618. The van der Waals surface area contributed by atoms with Crippen molar-refractivity contribution in [1.29, 1.82) is 0 Å². The number of ether oxygens (including phenoxy) is 3. The summed E-state index contributed by atoms with van der Waals surface area (Å²) in [6.07, 6.45) is 0.746. The van der Waals surface area contributed by atoms with Gasteiger partial charge in [0.1, 0.15) is 23.1 Å². The Hall–Kier alpha value is -2.67. The van der Waals surface area contributed by atoms with E-state index in [0.717, 1.165) is 5.56 Å². The van der Waals surface area contributed by atoms with Gasteiger partial charge in [0.15, 0.2) is 0 Å².